The highest BCUT2D eigenvalue weighted by atomic mass is 35.5. The Kier molecular flexibility index (Phi) is 5.50. The predicted molar refractivity (Wildman–Crippen MR) is 108 cm³/mol. The Balaban J connectivity index is 1.81. The van der Waals surface area contributed by atoms with E-state index in [1.54, 1.807) is 11.0 Å². The van der Waals surface area contributed by atoms with Crippen LogP contribution in [0.3, 0.4) is 0 Å². The van der Waals surface area contributed by atoms with E-state index < -0.39 is 21.8 Å². The molecule has 1 fully saturated rings. The molecule has 0 aromatic heterocycles. The second kappa shape index (κ2) is 7.56. The summed E-state index contributed by atoms with van der Waals surface area (Å²) in [4.78, 5) is 26.5. The molecule has 1 aliphatic rings. The van der Waals surface area contributed by atoms with E-state index in [0.717, 1.165) is 22.4 Å². The van der Waals surface area contributed by atoms with Gasteiger partial charge in [0.25, 0.3) is 10.0 Å². The first kappa shape index (κ1) is 20.4. The first-order valence-electron chi connectivity index (χ1n) is 8.79. The first-order valence-corrected chi connectivity index (χ1v) is 10.7. The smallest absolute Gasteiger partial charge is 0.265 e. The van der Waals surface area contributed by atoms with Crippen LogP contribution < -0.4 is 9.62 Å². The molecule has 2 aromatic carbocycles. The van der Waals surface area contributed by atoms with E-state index in [1.165, 1.54) is 18.2 Å². The number of amides is 2. The van der Waals surface area contributed by atoms with Gasteiger partial charge in [0.1, 0.15) is 4.90 Å². The molecule has 28 heavy (non-hydrogen) atoms. The molecule has 0 spiro atoms. The van der Waals surface area contributed by atoms with Gasteiger partial charge in [-0.05, 0) is 44.0 Å². The van der Waals surface area contributed by atoms with Crippen molar-refractivity contribution in [1.29, 1.82) is 0 Å². The summed E-state index contributed by atoms with van der Waals surface area (Å²) in [5, 5.41) is 0.0258. The molecule has 1 heterocycles. The highest BCUT2D eigenvalue weighted by molar-refractivity contribution is 7.90. The van der Waals surface area contributed by atoms with Gasteiger partial charge >= 0.3 is 0 Å². The van der Waals surface area contributed by atoms with Crippen molar-refractivity contribution < 1.29 is 18.0 Å². The number of hydrogen-bond acceptors (Lipinski definition) is 4. The van der Waals surface area contributed by atoms with Crippen LogP contribution in [0.1, 0.15) is 23.1 Å². The molecule has 1 saturated heterocycles. The summed E-state index contributed by atoms with van der Waals surface area (Å²) < 4.78 is 27.0. The molecule has 2 aromatic rings. The minimum atomic E-state index is -4.11. The summed E-state index contributed by atoms with van der Waals surface area (Å²) in [7, 11) is -4.11. The highest BCUT2D eigenvalue weighted by Gasteiger charge is 2.38. The van der Waals surface area contributed by atoms with E-state index in [2.05, 4.69) is 4.72 Å². The monoisotopic (exact) mass is 420 g/mol. The molecule has 1 aliphatic heterocycles. The van der Waals surface area contributed by atoms with Gasteiger partial charge in [-0.2, -0.15) is 0 Å². The Labute approximate surface area is 169 Å². The van der Waals surface area contributed by atoms with Crippen molar-refractivity contribution >= 4 is 39.1 Å². The number of carbonyl (C=O) groups excluding carboxylic acids is 2. The van der Waals surface area contributed by atoms with Gasteiger partial charge < -0.3 is 4.90 Å². The Morgan fingerprint density at radius 1 is 1.14 bits per heavy atom. The second-order valence-corrected chi connectivity index (χ2v) is 9.11. The number of nitrogens with one attached hydrogen (secondary N) is 1. The Morgan fingerprint density at radius 3 is 2.36 bits per heavy atom. The van der Waals surface area contributed by atoms with Crippen molar-refractivity contribution in [3.8, 4) is 0 Å². The van der Waals surface area contributed by atoms with Crippen LogP contribution in [0.15, 0.2) is 41.3 Å². The lowest BCUT2D eigenvalue weighted by Crippen LogP contribution is -2.37. The van der Waals surface area contributed by atoms with Gasteiger partial charge in [0, 0.05) is 18.7 Å². The van der Waals surface area contributed by atoms with Crippen LogP contribution in [0, 0.1) is 26.7 Å². The number of nitrogens with zero attached hydrogens (tertiary/aromatic N) is 1. The molecule has 3 rings (SSSR count). The Hall–Kier alpha value is -2.38. The van der Waals surface area contributed by atoms with Crippen molar-refractivity contribution in [2.45, 2.75) is 32.1 Å². The summed E-state index contributed by atoms with van der Waals surface area (Å²) >= 11 is 5.93. The zero-order valence-corrected chi connectivity index (χ0v) is 17.4. The highest BCUT2D eigenvalue weighted by Crippen LogP contribution is 2.32. The third-order valence-corrected chi connectivity index (χ3v) is 6.61. The van der Waals surface area contributed by atoms with Crippen LogP contribution in [0.4, 0.5) is 5.69 Å². The van der Waals surface area contributed by atoms with E-state index in [0.29, 0.717) is 0 Å². The standard InChI is InChI=1S/C20H21ClN2O4S/c1-12-8-13(2)19(14(3)9-12)23-11-15(10-18(23)24)20(25)22-28(26,27)17-7-5-4-6-16(17)21/h4-9,15H,10-11H2,1-3H3,(H,22,25). The van der Waals surface area contributed by atoms with Crippen molar-refractivity contribution in [3.05, 3.63) is 58.1 Å². The van der Waals surface area contributed by atoms with Crippen molar-refractivity contribution in [2.24, 2.45) is 5.92 Å². The van der Waals surface area contributed by atoms with E-state index in [-0.39, 0.29) is 28.8 Å². The van der Waals surface area contributed by atoms with Crippen LogP contribution in [-0.4, -0.2) is 26.8 Å². The molecule has 6 nitrogen and oxygen atoms in total. The molecule has 1 atom stereocenters. The number of rotatable bonds is 4. The maximum absolute atomic E-state index is 12.6. The van der Waals surface area contributed by atoms with Gasteiger partial charge in [-0.1, -0.05) is 41.4 Å². The minimum Gasteiger partial charge on any atom is -0.311 e. The SMILES string of the molecule is Cc1cc(C)c(N2CC(C(=O)NS(=O)(=O)c3ccccc3Cl)CC2=O)c(C)c1. The number of aryl methyl sites for hydroxylation is 3. The number of hydrogen-bond donors (Lipinski definition) is 1. The van der Waals surface area contributed by atoms with Crippen molar-refractivity contribution in [3.63, 3.8) is 0 Å². The van der Waals surface area contributed by atoms with Gasteiger partial charge in [0.2, 0.25) is 11.8 Å². The summed E-state index contributed by atoms with van der Waals surface area (Å²) in [6.07, 6.45) is -0.0450. The lowest BCUT2D eigenvalue weighted by atomic mass is 10.0. The summed E-state index contributed by atoms with van der Waals surface area (Å²) in [6, 6.07) is 9.83. The van der Waals surface area contributed by atoms with Gasteiger partial charge in [-0.15, -0.1) is 0 Å². The molecular weight excluding hydrogens is 400 g/mol. The third kappa shape index (κ3) is 3.91. The largest absolute Gasteiger partial charge is 0.311 e. The van der Waals surface area contributed by atoms with Crippen LogP contribution in [0.25, 0.3) is 0 Å². The van der Waals surface area contributed by atoms with E-state index in [9.17, 15) is 18.0 Å². The lowest BCUT2D eigenvalue weighted by Gasteiger charge is -2.22. The normalized spacial score (nSPS) is 17.1. The maximum Gasteiger partial charge on any atom is 0.265 e. The fourth-order valence-electron chi connectivity index (χ4n) is 3.63. The average Bonchev–Trinajstić information content (AvgIpc) is 2.95. The molecule has 1 N–H and O–H groups in total. The molecule has 8 heteroatoms. The molecule has 2 amide bonds. The zero-order chi connectivity index (χ0) is 20.6. The predicted octanol–water partition coefficient (Wildman–Crippen LogP) is 3.12. The summed E-state index contributed by atoms with van der Waals surface area (Å²) in [5.74, 6) is -1.67. The third-order valence-electron chi connectivity index (χ3n) is 4.76. The van der Waals surface area contributed by atoms with Crippen molar-refractivity contribution in [2.75, 3.05) is 11.4 Å². The average molecular weight is 421 g/mol. The van der Waals surface area contributed by atoms with E-state index in [4.69, 9.17) is 11.6 Å². The molecular formula is C20H21ClN2O4S. The number of sulfonamides is 1. The number of carbonyl (C=O) groups is 2. The topological polar surface area (TPSA) is 83.6 Å². The first-order chi connectivity index (χ1) is 13.1. The summed E-state index contributed by atoms with van der Waals surface area (Å²) in [6.45, 7) is 5.94. The molecule has 1 unspecified atom stereocenters. The summed E-state index contributed by atoms with van der Waals surface area (Å²) in [5.41, 5.74) is 3.75. The molecule has 0 bridgehead atoms. The van der Waals surface area contributed by atoms with Gasteiger partial charge in [-0.3, -0.25) is 9.59 Å². The zero-order valence-electron chi connectivity index (χ0n) is 15.8. The van der Waals surface area contributed by atoms with Crippen molar-refractivity contribution in [1.82, 2.24) is 4.72 Å². The van der Waals surface area contributed by atoms with Gasteiger partial charge in [0.05, 0.1) is 10.9 Å². The maximum atomic E-state index is 12.6. The number of halogens is 1. The molecule has 0 saturated carbocycles. The minimum absolute atomic E-state index is 0.0258. The van der Waals surface area contributed by atoms with Crippen LogP contribution in [-0.2, 0) is 19.6 Å². The lowest BCUT2D eigenvalue weighted by molar-refractivity contribution is -0.124. The second-order valence-electron chi connectivity index (χ2n) is 7.05. The molecule has 0 radical (unpaired) electrons. The Bertz CT molecular complexity index is 1040. The fourth-order valence-corrected chi connectivity index (χ4v) is 5.20. The molecule has 0 aliphatic carbocycles. The quantitative estimate of drug-likeness (QED) is 0.823. The number of benzene rings is 2. The van der Waals surface area contributed by atoms with E-state index >= 15 is 0 Å². The Morgan fingerprint density at radius 2 is 1.75 bits per heavy atom. The number of anilines is 1. The molecule has 148 valence electrons. The van der Waals surface area contributed by atoms with Crippen LogP contribution in [0.5, 0.6) is 0 Å². The van der Waals surface area contributed by atoms with E-state index in [1.807, 2.05) is 32.9 Å². The fraction of sp³-hybridized carbons (Fsp3) is 0.300. The van der Waals surface area contributed by atoms with Crippen LogP contribution >= 0.6 is 11.6 Å². The van der Waals surface area contributed by atoms with Gasteiger partial charge in [0.15, 0.2) is 0 Å². The van der Waals surface area contributed by atoms with Gasteiger partial charge in [-0.25, -0.2) is 13.1 Å². The van der Waals surface area contributed by atoms with Crippen LogP contribution in [0.2, 0.25) is 5.02 Å².